The second-order valence-corrected chi connectivity index (χ2v) is 6.24. The second-order valence-electron chi connectivity index (χ2n) is 6.24. The van der Waals surface area contributed by atoms with Crippen LogP contribution in [-0.2, 0) is 22.6 Å². The summed E-state index contributed by atoms with van der Waals surface area (Å²) in [5.41, 5.74) is 1.38. The van der Waals surface area contributed by atoms with Crippen LogP contribution in [0.1, 0.15) is 30.1 Å². The standard InChI is InChI=1S/C18H23N3O3/c1-14-19-17(24-20-14)12-23-13-18(22)21-9-7-16(8-10-21)11-15-5-3-2-4-6-15/h2-6,16H,7-13H2,1H3. The third-order valence-corrected chi connectivity index (χ3v) is 4.36. The fourth-order valence-corrected chi connectivity index (χ4v) is 3.05. The molecule has 24 heavy (non-hydrogen) atoms. The molecule has 0 saturated carbocycles. The zero-order valence-corrected chi connectivity index (χ0v) is 14.0. The molecule has 1 aliphatic heterocycles. The highest BCUT2D eigenvalue weighted by Gasteiger charge is 2.23. The van der Waals surface area contributed by atoms with Crippen molar-refractivity contribution in [1.29, 1.82) is 0 Å². The van der Waals surface area contributed by atoms with Crippen LogP contribution in [0.4, 0.5) is 0 Å². The zero-order valence-electron chi connectivity index (χ0n) is 14.0. The Labute approximate surface area is 141 Å². The van der Waals surface area contributed by atoms with Crippen molar-refractivity contribution in [3.05, 3.63) is 47.6 Å². The van der Waals surface area contributed by atoms with Crippen molar-refractivity contribution < 1.29 is 14.1 Å². The lowest BCUT2D eigenvalue weighted by Gasteiger charge is -2.32. The number of ether oxygens (including phenoxy) is 1. The van der Waals surface area contributed by atoms with Gasteiger partial charge in [0.2, 0.25) is 5.91 Å². The maximum Gasteiger partial charge on any atom is 0.252 e. The minimum absolute atomic E-state index is 0.0319. The maximum absolute atomic E-state index is 12.2. The molecule has 0 N–H and O–H groups in total. The molecule has 1 aromatic heterocycles. The summed E-state index contributed by atoms with van der Waals surface area (Å²) >= 11 is 0. The van der Waals surface area contributed by atoms with Crippen molar-refractivity contribution >= 4 is 5.91 Å². The molecule has 0 radical (unpaired) electrons. The van der Waals surface area contributed by atoms with Crippen LogP contribution in [0, 0.1) is 12.8 Å². The molecule has 3 rings (SSSR count). The van der Waals surface area contributed by atoms with Crippen molar-refractivity contribution in [2.45, 2.75) is 32.8 Å². The molecule has 0 atom stereocenters. The molecule has 6 heteroatoms. The summed E-state index contributed by atoms with van der Waals surface area (Å²) in [7, 11) is 0. The largest absolute Gasteiger partial charge is 0.362 e. The average Bonchev–Trinajstić information content (AvgIpc) is 3.02. The van der Waals surface area contributed by atoms with Gasteiger partial charge in [0.25, 0.3) is 5.89 Å². The van der Waals surface area contributed by atoms with Gasteiger partial charge in [0.15, 0.2) is 5.82 Å². The van der Waals surface area contributed by atoms with E-state index in [0.29, 0.717) is 17.6 Å². The van der Waals surface area contributed by atoms with Crippen molar-refractivity contribution in [1.82, 2.24) is 15.0 Å². The minimum Gasteiger partial charge on any atom is -0.362 e. The number of benzene rings is 1. The van der Waals surface area contributed by atoms with Gasteiger partial charge in [-0.25, -0.2) is 0 Å². The summed E-state index contributed by atoms with van der Waals surface area (Å²) in [5, 5.41) is 3.69. The number of amides is 1. The highest BCUT2D eigenvalue weighted by Crippen LogP contribution is 2.21. The molecule has 2 heterocycles. The van der Waals surface area contributed by atoms with E-state index < -0.39 is 0 Å². The van der Waals surface area contributed by atoms with Crippen LogP contribution >= 0.6 is 0 Å². The number of carbonyl (C=O) groups excluding carboxylic acids is 1. The second kappa shape index (κ2) is 8.06. The minimum atomic E-state index is 0.0319. The van der Waals surface area contributed by atoms with E-state index in [0.717, 1.165) is 32.4 Å². The fourth-order valence-electron chi connectivity index (χ4n) is 3.05. The monoisotopic (exact) mass is 329 g/mol. The van der Waals surface area contributed by atoms with Gasteiger partial charge in [0.05, 0.1) is 0 Å². The van der Waals surface area contributed by atoms with Crippen LogP contribution in [0.15, 0.2) is 34.9 Å². The molecule has 1 fully saturated rings. The average molecular weight is 329 g/mol. The lowest BCUT2D eigenvalue weighted by Crippen LogP contribution is -2.40. The Morgan fingerprint density at radius 3 is 2.71 bits per heavy atom. The van der Waals surface area contributed by atoms with E-state index in [1.165, 1.54) is 5.56 Å². The molecule has 1 amide bonds. The van der Waals surface area contributed by atoms with E-state index in [-0.39, 0.29) is 19.1 Å². The van der Waals surface area contributed by atoms with Crippen molar-refractivity contribution in [2.75, 3.05) is 19.7 Å². The first-order valence-corrected chi connectivity index (χ1v) is 8.39. The maximum atomic E-state index is 12.2. The predicted octanol–water partition coefficient (Wildman–Crippen LogP) is 2.38. The van der Waals surface area contributed by atoms with E-state index in [9.17, 15) is 4.79 Å². The zero-order chi connectivity index (χ0) is 16.8. The van der Waals surface area contributed by atoms with Gasteiger partial charge in [0, 0.05) is 13.1 Å². The Morgan fingerprint density at radius 2 is 2.04 bits per heavy atom. The van der Waals surface area contributed by atoms with Gasteiger partial charge < -0.3 is 14.2 Å². The SMILES string of the molecule is Cc1noc(COCC(=O)N2CCC(Cc3ccccc3)CC2)n1. The Kier molecular flexibility index (Phi) is 5.59. The summed E-state index contributed by atoms with van der Waals surface area (Å²) in [6.45, 7) is 3.60. The molecule has 2 aromatic rings. The Morgan fingerprint density at radius 1 is 1.29 bits per heavy atom. The van der Waals surface area contributed by atoms with Crippen molar-refractivity contribution in [3.63, 3.8) is 0 Å². The number of hydrogen-bond donors (Lipinski definition) is 0. The van der Waals surface area contributed by atoms with E-state index in [1.807, 2.05) is 11.0 Å². The van der Waals surface area contributed by atoms with Gasteiger partial charge in [-0.3, -0.25) is 4.79 Å². The molecular weight excluding hydrogens is 306 g/mol. The molecule has 128 valence electrons. The first-order chi connectivity index (χ1) is 11.7. The summed E-state index contributed by atoms with van der Waals surface area (Å²) in [5.74, 6) is 1.66. The van der Waals surface area contributed by atoms with E-state index >= 15 is 0 Å². The van der Waals surface area contributed by atoms with Gasteiger partial charge in [0.1, 0.15) is 13.2 Å². The summed E-state index contributed by atoms with van der Waals surface area (Å²) < 4.78 is 10.3. The van der Waals surface area contributed by atoms with Crippen LogP contribution in [0.3, 0.4) is 0 Å². The van der Waals surface area contributed by atoms with Crippen LogP contribution in [0.25, 0.3) is 0 Å². The van der Waals surface area contributed by atoms with Gasteiger partial charge in [-0.05, 0) is 37.7 Å². The molecule has 1 aliphatic rings. The summed E-state index contributed by atoms with van der Waals surface area (Å²) in [6.07, 6.45) is 3.18. The number of rotatable bonds is 6. The van der Waals surface area contributed by atoms with Crippen LogP contribution in [0.2, 0.25) is 0 Å². The number of hydrogen-bond acceptors (Lipinski definition) is 5. The highest BCUT2D eigenvalue weighted by atomic mass is 16.5. The van der Waals surface area contributed by atoms with Gasteiger partial charge >= 0.3 is 0 Å². The first-order valence-electron chi connectivity index (χ1n) is 8.39. The lowest BCUT2D eigenvalue weighted by molar-refractivity contribution is -0.138. The molecule has 6 nitrogen and oxygen atoms in total. The Balaban J connectivity index is 1.37. The third kappa shape index (κ3) is 4.64. The van der Waals surface area contributed by atoms with E-state index in [2.05, 4.69) is 34.4 Å². The number of likely N-dealkylation sites (tertiary alicyclic amines) is 1. The molecular formula is C18H23N3O3. The number of aryl methyl sites for hydroxylation is 1. The lowest BCUT2D eigenvalue weighted by atomic mass is 9.90. The first kappa shape index (κ1) is 16.6. The normalized spacial score (nSPS) is 15.6. The molecule has 0 bridgehead atoms. The summed E-state index contributed by atoms with van der Waals surface area (Å²) in [6, 6.07) is 10.5. The molecule has 0 unspecified atom stereocenters. The van der Waals surface area contributed by atoms with E-state index in [4.69, 9.17) is 9.26 Å². The predicted molar refractivity (Wildman–Crippen MR) is 88.1 cm³/mol. The molecule has 1 aromatic carbocycles. The fraction of sp³-hybridized carbons (Fsp3) is 0.500. The van der Waals surface area contributed by atoms with Gasteiger partial charge in [-0.1, -0.05) is 35.5 Å². The number of piperidine rings is 1. The van der Waals surface area contributed by atoms with Crippen LogP contribution < -0.4 is 0 Å². The van der Waals surface area contributed by atoms with Crippen LogP contribution in [0.5, 0.6) is 0 Å². The third-order valence-electron chi connectivity index (χ3n) is 4.36. The Bertz CT molecular complexity index is 649. The van der Waals surface area contributed by atoms with Gasteiger partial charge in [-0.15, -0.1) is 0 Å². The number of carbonyl (C=O) groups is 1. The Hall–Kier alpha value is -2.21. The van der Waals surface area contributed by atoms with Gasteiger partial charge in [-0.2, -0.15) is 4.98 Å². The smallest absolute Gasteiger partial charge is 0.252 e. The number of nitrogens with zero attached hydrogens (tertiary/aromatic N) is 3. The van der Waals surface area contributed by atoms with Crippen molar-refractivity contribution in [3.8, 4) is 0 Å². The van der Waals surface area contributed by atoms with Crippen LogP contribution in [-0.4, -0.2) is 40.6 Å². The summed E-state index contributed by atoms with van der Waals surface area (Å²) in [4.78, 5) is 18.1. The van der Waals surface area contributed by atoms with E-state index in [1.54, 1.807) is 6.92 Å². The molecule has 1 saturated heterocycles. The molecule has 0 spiro atoms. The number of aromatic nitrogens is 2. The molecule has 0 aliphatic carbocycles. The van der Waals surface area contributed by atoms with Crippen molar-refractivity contribution in [2.24, 2.45) is 5.92 Å². The highest BCUT2D eigenvalue weighted by molar-refractivity contribution is 5.77. The topological polar surface area (TPSA) is 68.5 Å². The quantitative estimate of drug-likeness (QED) is 0.814.